The van der Waals surface area contributed by atoms with E-state index in [-0.39, 0.29) is 41.3 Å². The van der Waals surface area contributed by atoms with Gasteiger partial charge in [0.15, 0.2) is 0 Å². The number of rotatable bonds is 4. The van der Waals surface area contributed by atoms with E-state index in [0.717, 1.165) is 12.1 Å². The van der Waals surface area contributed by atoms with Crippen molar-refractivity contribution in [2.45, 2.75) is 18.5 Å². The van der Waals surface area contributed by atoms with Crippen molar-refractivity contribution in [2.75, 3.05) is 11.3 Å². The Morgan fingerprint density at radius 3 is 2.36 bits per heavy atom. The smallest absolute Gasteiger partial charge is 0.334 e. The summed E-state index contributed by atoms with van der Waals surface area (Å²) in [4.78, 5) is 14.1. The van der Waals surface area contributed by atoms with Crippen molar-refractivity contribution in [3.63, 3.8) is 0 Å². The molecule has 1 aliphatic rings. The molecular weight excluding hydrogens is 424 g/mol. The number of nitrogens with zero attached hydrogens (tertiary/aromatic N) is 1. The van der Waals surface area contributed by atoms with Crippen LogP contribution in [0.2, 0.25) is 5.02 Å². The molecule has 5 nitrogen and oxygen atoms in total. The number of anilines is 1. The van der Waals surface area contributed by atoms with E-state index in [4.69, 9.17) is 11.6 Å². The maximum Gasteiger partial charge on any atom is 0.516 e. The minimum Gasteiger partial charge on any atom is -0.334 e. The fourth-order valence-corrected chi connectivity index (χ4v) is 3.66. The van der Waals surface area contributed by atoms with Gasteiger partial charge in [-0.15, -0.1) is 0 Å². The van der Waals surface area contributed by atoms with Crippen LogP contribution in [0.4, 0.5) is 23.2 Å². The first kappa shape index (κ1) is 20.4. The number of carbonyl (C=O) groups excluding carboxylic acids is 1. The minimum atomic E-state index is -5.51. The number of nitrogens with one attached hydrogen (secondary N) is 1. The lowest BCUT2D eigenvalue weighted by molar-refractivity contribution is -0.0429. The average Bonchev–Trinajstić information content (AvgIpc) is 2.60. The molecule has 1 N–H and O–H groups in total. The van der Waals surface area contributed by atoms with Crippen molar-refractivity contribution in [3.05, 3.63) is 63.9 Å². The Balaban J connectivity index is 1.75. The van der Waals surface area contributed by atoms with Crippen LogP contribution in [0.15, 0.2) is 36.4 Å². The number of amides is 1. The van der Waals surface area contributed by atoms with Crippen LogP contribution in [0.5, 0.6) is 0 Å². The van der Waals surface area contributed by atoms with Crippen LogP contribution in [0.1, 0.15) is 21.5 Å². The Bertz CT molecular complexity index is 1020. The van der Waals surface area contributed by atoms with Gasteiger partial charge in [-0.1, -0.05) is 23.7 Å². The van der Waals surface area contributed by atoms with Gasteiger partial charge < -0.3 is 4.90 Å². The fraction of sp³-hybridized carbons (Fsp3) is 0.235. The third-order valence-electron chi connectivity index (χ3n) is 4.22. The monoisotopic (exact) mass is 436 g/mol. The molecule has 150 valence electrons. The molecule has 0 spiro atoms. The van der Waals surface area contributed by atoms with Crippen LogP contribution < -0.4 is 4.72 Å². The van der Waals surface area contributed by atoms with E-state index < -0.39 is 27.3 Å². The van der Waals surface area contributed by atoms with Gasteiger partial charge in [-0.2, -0.15) is 21.6 Å². The van der Waals surface area contributed by atoms with Gasteiger partial charge in [-0.25, -0.2) is 4.39 Å². The normalized spacial score (nSPS) is 14.8. The van der Waals surface area contributed by atoms with E-state index >= 15 is 0 Å². The van der Waals surface area contributed by atoms with Gasteiger partial charge in [0.1, 0.15) is 5.82 Å². The molecule has 0 radical (unpaired) electrons. The van der Waals surface area contributed by atoms with Gasteiger partial charge in [-0.05, 0) is 36.2 Å². The highest BCUT2D eigenvalue weighted by Crippen LogP contribution is 2.30. The van der Waals surface area contributed by atoms with Crippen molar-refractivity contribution >= 4 is 33.2 Å². The molecule has 3 rings (SSSR count). The number of hydrogen-bond acceptors (Lipinski definition) is 3. The van der Waals surface area contributed by atoms with E-state index in [9.17, 15) is 30.8 Å². The number of halogens is 5. The number of fused-ring (bicyclic) bond motifs is 1. The van der Waals surface area contributed by atoms with Crippen LogP contribution in [0, 0.1) is 5.82 Å². The van der Waals surface area contributed by atoms with Crippen LogP contribution in [0.3, 0.4) is 0 Å². The molecule has 2 aromatic carbocycles. The first-order valence-corrected chi connectivity index (χ1v) is 9.80. The zero-order chi connectivity index (χ0) is 20.7. The van der Waals surface area contributed by atoms with E-state index in [2.05, 4.69) is 0 Å². The largest absolute Gasteiger partial charge is 0.516 e. The molecule has 0 unspecified atom stereocenters. The molecular formula is C17H13ClF4N2O3S. The molecule has 2 aromatic rings. The van der Waals surface area contributed by atoms with Crippen molar-refractivity contribution in [3.8, 4) is 0 Å². The summed E-state index contributed by atoms with van der Waals surface area (Å²) in [5, 5.41) is 0.142. The highest BCUT2D eigenvalue weighted by Gasteiger charge is 2.46. The maximum atomic E-state index is 13.9. The molecule has 0 bridgehead atoms. The molecule has 1 amide bonds. The lowest BCUT2D eigenvalue weighted by Gasteiger charge is -2.29. The van der Waals surface area contributed by atoms with Gasteiger partial charge in [0, 0.05) is 24.3 Å². The van der Waals surface area contributed by atoms with E-state index in [0.29, 0.717) is 5.56 Å². The van der Waals surface area contributed by atoms with Crippen molar-refractivity contribution in [1.82, 2.24) is 4.90 Å². The molecule has 1 aliphatic heterocycles. The zero-order valence-electron chi connectivity index (χ0n) is 14.1. The Kier molecular flexibility index (Phi) is 5.28. The molecule has 28 heavy (non-hydrogen) atoms. The topological polar surface area (TPSA) is 66.5 Å². The molecule has 0 saturated heterocycles. The highest BCUT2D eigenvalue weighted by atomic mass is 35.5. The van der Waals surface area contributed by atoms with Gasteiger partial charge in [0.05, 0.1) is 10.6 Å². The number of alkyl halides is 3. The number of sulfonamides is 1. The minimum absolute atomic E-state index is 0.0995. The summed E-state index contributed by atoms with van der Waals surface area (Å²) in [6, 6.07) is 7.61. The fourth-order valence-electron chi connectivity index (χ4n) is 2.84. The zero-order valence-corrected chi connectivity index (χ0v) is 15.6. The van der Waals surface area contributed by atoms with Crippen LogP contribution >= 0.6 is 11.6 Å². The summed E-state index contributed by atoms with van der Waals surface area (Å²) >= 11 is 6.03. The Morgan fingerprint density at radius 2 is 1.75 bits per heavy atom. The summed E-state index contributed by atoms with van der Waals surface area (Å²) in [5.41, 5.74) is -4.78. The quantitative estimate of drug-likeness (QED) is 0.738. The van der Waals surface area contributed by atoms with Crippen molar-refractivity contribution < 1.29 is 30.8 Å². The maximum absolute atomic E-state index is 13.9. The number of hydrogen-bond donors (Lipinski definition) is 1. The number of carbonyl (C=O) groups is 1. The highest BCUT2D eigenvalue weighted by molar-refractivity contribution is 7.93. The second-order valence-electron chi connectivity index (χ2n) is 6.11. The molecule has 1 heterocycles. The summed E-state index contributed by atoms with van der Waals surface area (Å²) < 4.78 is 74.7. The standard InChI is InChI=1S/C17H13ClF4N2O3S/c18-13-5-6-14(19)12-7-8-24(16(25)15(12)13)9-10-1-3-11(4-2-10)23-28(26,27)17(20,21)22/h1-6,23H,7-9H2. The van der Waals surface area contributed by atoms with E-state index in [1.165, 1.54) is 33.9 Å². The Morgan fingerprint density at radius 1 is 1.11 bits per heavy atom. The summed E-state index contributed by atoms with van der Waals surface area (Å²) in [6.07, 6.45) is 0.275. The summed E-state index contributed by atoms with van der Waals surface area (Å²) in [7, 11) is -5.51. The second-order valence-corrected chi connectivity index (χ2v) is 8.19. The summed E-state index contributed by atoms with van der Waals surface area (Å²) in [6.45, 7) is 0.350. The SMILES string of the molecule is O=C1c2c(Cl)ccc(F)c2CCN1Cc1ccc(NS(=O)(=O)C(F)(F)F)cc1. The molecule has 0 fully saturated rings. The summed E-state index contributed by atoms with van der Waals surface area (Å²) in [5.74, 6) is -0.957. The lowest BCUT2D eigenvalue weighted by Crippen LogP contribution is -2.37. The molecule has 0 aliphatic carbocycles. The Hall–Kier alpha value is -2.33. The second kappa shape index (κ2) is 7.25. The molecule has 0 atom stereocenters. The van der Waals surface area contributed by atoms with Crippen molar-refractivity contribution in [1.29, 1.82) is 0 Å². The van der Waals surface area contributed by atoms with Gasteiger partial charge in [0.25, 0.3) is 5.91 Å². The predicted molar refractivity (Wildman–Crippen MR) is 94.9 cm³/mol. The van der Waals surface area contributed by atoms with Gasteiger partial charge >= 0.3 is 15.5 Å². The molecule has 0 saturated carbocycles. The Labute approximate surface area is 163 Å². The third-order valence-corrected chi connectivity index (χ3v) is 5.65. The molecule has 0 aromatic heterocycles. The average molecular weight is 437 g/mol. The van der Waals surface area contributed by atoms with Crippen LogP contribution in [-0.2, 0) is 23.0 Å². The van der Waals surface area contributed by atoms with E-state index in [1.807, 2.05) is 0 Å². The first-order valence-electron chi connectivity index (χ1n) is 7.94. The predicted octanol–water partition coefficient (Wildman–Crippen LogP) is 3.94. The molecule has 11 heteroatoms. The number of benzene rings is 2. The lowest BCUT2D eigenvalue weighted by atomic mass is 9.98. The van der Waals surface area contributed by atoms with E-state index in [1.54, 1.807) is 0 Å². The van der Waals surface area contributed by atoms with Gasteiger partial charge in [0.2, 0.25) is 0 Å². The third kappa shape index (κ3) is 3.93. The van der Waals surface area contributed by atoms with Crippen LogP contribution in [-0.4, -0.2) is 31.3 Å². The first-order chi connectivity index (χ1) is 13.0. The van der Waals surface area contributed by atoms with Crippen LogP contribution in [0.25, 0.3) is 0 Å². The van der Waals surface area contributed by atoms with Crippen molar-refractivity contribution in [2.24, 2.45) is 0 Å². The van der Waals surface area contributed by atoms with Gasteiger partial charge in [-0.3, -0.25) is 9.52 Å².